The number of hydrogen-bond acceptors (Lipinski definition) is 5. The van der Waals surface area contributed by atoms with Crippen molar-refractivity contribution >= 4 is 5.91 Å². The number of nitrogens with one attached hydrogen (secondary N) is 1. The van der Waals surface area contributed by atoms with Gasteiger partial charge >= 0.3 is 0 Å². The van der Waals surface area contributed by atoms with Crippen LogP contribution in [0.4, 0.5) is 0 Å². The number of benzene rings is 1. The molecule has 0 atom stereocenters. The maximum Gasteiger partial charge on any atom is 0.258 e. The average molecular weight is 337 g/mol. The Kier molecular flexibility index (Phi) is 5.47. The van der Waals surface area contributed by atoms with Crippen LogP contribution in [0.15, 0.2) is 42.6 Å². The van der Waals surface area contributed by atoms with Crippen LogP contribution in [0.2, 0.25) is 0 Å². The Hall–Kier alpha value is -3.07. The third-order valence-electron chi connectivity index (χ3n) is 3.82. The first-order valence-corrected chi connectivity index (χ1v) is 8.21. The minimum Gasteiger partial charge on any atom is -0.482 e. The van der Waals surface area contributed by atoms with Crippen molar-refractivity contribution in [2.24, 2.45) is 5.92 Å². The number of nitrogens with zero attached hydrogens (tertiary/aromatic N) is 2. The van der Waals surface area contributed by atoms with Crippen LogP contribution in [0.1, 0.15) is 24.0 Å². The topological polar surface area (TPSA) is 84.2 Å². The molecule has 1 saturated carbocycles. The van der Waals surface area contributed by atoms with E-state index in [2.05, 4.69) is 10.3 Å². The van der Waals surface area contributed by atoms with E-state index >= 15 is 0 Å². The van der Waals surface area contributed by atoms with E-state index in [9.17, 15) is 4.79 Å². The molecule has 1 aliphatic rings. The molecular formula is C19H19N3O3. The van der Waals surface area contributed by atoms with Crippen LogP contribution >= 0.6 is 0 Å². The van der Waals surface area contributed by atoms with Crippen LogP contribution in [0.5, 0.6) is 11.6 Å². The highest BCUT2D eigenvalue weighted by atomic mass is 16.5. The summed E-state index contributed by atoms with van der Waals surface area (Å²) in [6.45, 7) is 0.925. The van der Waals surface area contributed by atoms with Gasteiger partial charge in [-0.05, 0) is 42.5 Å². The van der Waals surface area contributed by atoms with Crippen LogP contribution in [0, 0.1) is 17.2 Å². The predicted molar refractivity (Wildman–Crippen MR) is 91.0 cm³/mol. The Bertz CT molecular complexity index is 781. The van der Waals surface area contributed by atoms with Gasteiger partial charge in [0.15, 0.2) is 6.61 Å². The van der Waals surface area contributed by atoms with Crippen molar-refractivity contribution in [3.63, 3.8) is 0 Å². The first-order valence-electron chi connectivity index (χ1n) is 8.21. The molecule has 25 heavy (non-hydrogen) atoms. The molecule has 1 fully saturated rings. The molecule has 0 bridgehead atoms. The number of rotatable bonds is 8. The molecule has 3 rings (SSSR count). The number of nitriles is 1. The van der Waals surface area contributed by atoms with E-state index in [4.69, 9.17) is 14.7 Å². The number of ether oxygens (including phenoxy) is 2. The fraction of sp³-hybridized carbons (Fsp3) is 0.316. The van der Waals surface area contributed by atoms with Gasteiger partial charge in [0.25, 0.3) is 5.91 Å². The molecule has 2 aromatic rings. The number of hydrogen-bond donors (Lipinski definition) is 1. The smallest absolute Gasteiger partial charge is 0.258 e. The van der Waals surface area contributed by atoms with Crippen molar-refractivity contribution in [2.75, 3.05) is 13.2 Å². The van der Waals surface area contributed by atoms with Crippen molar-refractivity contribution in [3.8, 4) is 17.7 Å². The Morgan fingerprint density at radius 2 is 2.12 bits per heavy atom. The Balaban J connectivity index is 1.45. The Morgan fingerprint density at radius 3 is 2.92 bits per heavy atom. The molecule has 0 spiro atoms. The van der Waals surface area contributed by atoms with Crippen molar-refractivity contribution < 1.29 is 14.3 Å². The molecule has 1 aromatic carbocycles. The van der Waals surface area contributed by atoms with E-state index in [1.54, 1.807) is 30.5 Å². The standard InChI is InChI=1S/C19H19N3O3/c20-10-16-3-1-2-4-17(16)24-13-18(23)22-11-15-7-8-21-19(9-15)25-12-14-5-6-14/h1-4,7-9,14H,5-6,11-13H2,(H,22,23). The van der Waals surface area contributed by atoms with Gasteiger partial charge in [-0.3, -0.25) is 4.79 Å². The van der Waals surface area contributed by atoms with Gasteiger partial charge < -0.3 is 14.8 Å². The molecular weight excluding hydrogens is 318 g/mol. The lowest BCUT2D eigenvalue weighted by molar-refractivity contribution is -0.123. The molecule has 0 saturated heterocycles. The summed E-state index contributed by atoms with van der Waals surface area (Å²) in [6.07, 6.45) is 4.12. The molecule has 1 aromatic heterocycles. The summed E-state index contributed by atoms with van der Waals surface area (Å²) in [5.74, 6) is 1.39. The summed E-state index contributed by atoms with van der Waals surface area (Å²) < 4.78 is 11.0. The number of para-hydroxylation sites is 1. The number of carbonyl (C=O) groups is 1. The number of pyridine rings is 1. The zero-order valence-electron chi connectivity index (χ0n) is 13.8. The van der Waals surface area contributed by atoms with Crippen LogP contribution < -0.4 is 14.8 Å². The van der Waals surface area contributed by atoms with Crippen LogP contribution in [0.25, 0.3) is 0 Å². The second-order valence-electron chi connectivity index (χ2n) is 5.93. The molecule has 1 aliphatic carbocycles. The summed E-state index contributed by atoms with van der Waals surface area (Å²) in [5, 5.41) is 11.8. The minimum atomic E-state index is -0.259. The van der Waals surface area contributed by atoms with Gasteiger partial charge in [-0.1, -0.05) is 12.1 Å². The molecule has 0 unspecified atom stereocenters. The SMILES string of the molecule is N#Cc1ccccc1OCC(=O)NCc1ccnc(OCC2CC2)c1. The van der Waals surface area contributed by atoms with Crippen molar-refractivity contribution in [1.82, 2.24) is 10.3 Å². The van der Waals surface area contributed by atoms with Crippen molar-refractivity contribution in [1.29, 1.82) is 5.26 Å². The molecule has 128 valence electrons. The van der Waals surface area contributed by atoms with Gasteiger partial charge in [-0.25, -0.2) is 4.98 Å². The van der Waals surface area contributed by atoms with Gasteiger partial charge in [0.2, 0.25) is 5.88 Å². The summed E-state index contributed by atoms with van der Waals surface area (Å²) in [6, 6.07) is 12.5. The lowest BCUT2D eigenvalue weighted by Crippen LogP contribution is -2.28. The van der Waals surface area contributed by atoms with E-state index in [1.165, 1.54) is 12.8 Å². The van der Waals surface area contributed by atoms with Gasteiger partial charge in [-0.2, -0.15) is 5.26 Å². The first-order chi connectivity index (χ1) is 12.2. The van der Waals surface area contributed by atoms with E-state index < -0.39 is 0 Å². The van der Waals surface area contributed by atoms with E-state index in [1.807, 2.05) is 18.2 Å². The maximum atomic E-state index is 11.9. The normalized spacial score (nSPS) is 12.9. The van der Waals surface area contributed by atoms with Gasteiger partial charge in [-0.15, -0.1) is 0 Å². The highest BCUT2D eigenvalue weighted by molar-refractivity contribution is 5.77. The average Bonchev–Trinajstić information content (AvgIpc) is 3.48. The predicted octanol–water partition coefficient (Wildman–Crippen LogP) is 2.44. The maximum absolute atomic E-state index is 11.9. The number of carbonyl (C=O) groups excluding carboxylic acids is 1. The van der Waals surface area contributed by atoms with Gasteiger partial charge in [0.1, 0.15) is 11.8 Å². The molecule has 6 nitrogen and oxygen atoms in total. The highest BCUT2D eigenvalue weighted by Crippen LogP contribution is 2.29. The van der Waals surface area contributed by atoms with Gasteiger partial charge in [0, 0.05) is 18.8 Å². The summed E-state index contributed by atoms with van der Waals surface area (Å²) in [5.41, 5.74) is 1.31. The molecule has 0 aliphatic heterocycles. The lowest BCUT2D eigenvalue weighted by atomic mass is 10.2. The zero-order valence-corrected chi connectivity index (χ0v) is 13.8. The van der Waals surface area contributed by atoms with Crippen LogP contribution in [0.3, 0.4) is 0 Å². The quantitative estimate of drug-likeness (QED) is 0.800. The van der Waals surface area contributed by atoms with E-state index in [0.29, 0.717) is 36.3 Å². The van der Waals surface area contributed by atoms with Crippen molar-refractivity contribution in [3.05, 3.63) is 53.7 Å². The lowest BCUT2D eigenvalue weighted by Gasteiger charge is -2.09. The molecule has 6 heteroatoms. The van der Waals surface area contributed by atoms with Crippen molar-refractivity contribution in [2.45, 2.75) is 19.4 Å². The third kappa shape index (κ3) is 5.21. The fourth-order valence-corrected chi connectivity index (χ4v) is 2.21. The third-order valence-corrected chi connectivity index (χ3v) is 3.82. The molecule has 1 amide bonds. The minimum absolute atomic E-state index is 0.144. The summed E-state index contributed by atoms with van der Waals surface area (Å²) in [4.78, 5) is 16.1. The Labute approximate surface area is 146 Å². The number of aromatic nitrogens is 1. The summed E-state index contributed by atoms with van der Waals surface area (Å²) >= 11 is 0. The second kappa shape index (κ2) is 8.15. The largest absolute Gasteiger partial charge is 0.482 e. The first kappa shape index (κ1) is 16.8. The van der Waals surface area contributed by atoms with E-state index in [0.717, 1.165) is 5.56 Å². The molecule has 1 heterocycles. The zero-order chi connectivity index (χ0) is 17.5. The highest BCUT2D eigenvalue weighted by Gasteiger charge is 2.22. The molecule has 1 N–H and O–H groups in total. The monoisotopic (exact) mass is 337 g/mol. The summed E-state index contributed by atoms with van der Waals surface area (Å²) in [7, 11) is 0. The van der Waals surface area contributed by atoms with Gasteiger partial charge in [0.05, 0.1) is 12.2 Å². The number of amides is 1. The van der Waals surface area contributed by atoms with Crippen LogP contribution in [-0.2, 0) is 11.3 Å². The Morgan fingerprint density at radius 1 is 1.28 bits per heavy atom. The van der Waals surface area contributed by atoms with Crippen LogP contribution in [-0.4, -0.2) is 24.1 Å². The molecule has 0 radical (unpaired) electrons. The second-order valence-corrected chi connectivity index (χ2v) is 5.93. The van der Waals surface area contributed by atoms with E-state index in [-0.39, 0.29) is 12.5 Å². The fourth-order valence-electron chi connectivity index (χ4n) is 2.21.